The van der Waals surface area contributed by atoms with Crippen molar-refractivity contribution in [2.24, 2.45) is 22.0 Å². The molecule has 1 aliphatic carbocycles. The zero-order valence-electron chi connectivity index (χ0n) is 13.2. The van der Waals surface area contributed by atoms with E-state index in [0.29, 0.717) is 6.42 Å². The molecule has 0 bridgehead atoms. The van der Waals surface area contributed by atoms with Crippen molar-refractivity contribution in [1.29, 1.82) is 0 Å². The normalized spacial score (nSPS) is 19.0. The molecule has 0 radical (unpaired) electrons. The zero-order chi connectivity index (χ0) is 17.5. The Morgan fingerprint density at radius 3 is 1.64 bits per heavy atom. The maximum Gasteiger partial charge on any atom is 0.244 e. The summed E-state index contributed by atoms with van der Waals surface area (Å²) in [5.74, 6) is -1.29. The van der Waals surface area contributed by atoms with Crippen molar-refractivity contribution in [3.63, 3.8) is 0 Å². The van der Waals surface area contributed by atoms with Gasteiger partial charge in [-0.2, -0.15) is 10.2 Å². The van der Waals surface area contributed by atoms with Crippen molar-refractivity contribution in [3.8, 4) is 0 Å². The van der Waals surface area contributed by atoms with Crippen LogP contribution in [-0.4, -0.2) is 34.2 Å². The van der Waals surface area contributed by atoms with Crippen LogP contribution in [0.3, 0.4) is 0 Å². The Morgan fingerprint density at radius 2 is 1.24 bits per heavy atom. The number of aromatic nitrogens is 2. The number of amides is 2. The molecule has 3 rings (SSSR count). The Hall–Kier alpha value is -3.42. The summed E-state index contributed by atoms with van der Waals surface area (Å²) in [6, 6.07) is 7.07. The summed E-state index contributed by atoms with van der Waals surface area (Å²) in [6.45, 7) is 0. The minimum atomic E-state index is -0.370. The van der Waals surface area contributed by atoms with Crippen LogP contribution in [0.15, 0.2) is 59.3 Å². The van der Waals surface area contributed by atoms with E-state index in [9.17, 15) is 9.59 Å². The molecule has 8 nitrogen and oxygen atoms in total. The molecule has 1 fully saturated rings. The standard InChI is InChI=1S/C17H16N6O2/c24-16(22-20-10-12-1-5-18-6-2-12)14-9-15(14)17(25)23-21-11-13-3-7-19-8-4-13/h1-8,10-11,14-15H,9H2,(H,22,24)(H,23,25)/b20-10+,21-11+. The molecule has 2 atom stereocenters. The van der Waals surface area contributed by atoms with Crippen LogP contribution in [0.25, 0.3) is 0 Å². The molecule has 2 amide bonds. The van der Waals surface area contributed by atoms with Gasteiger partial charge in [-0.15, -0.1) is 0 Å². The van der Waals surface area contributed by atoms with Crippen LogP contribution in [0.2, 0.25) is 0 Å². The van der Waals surface area contributed by atoms with Gasteiger partial charge in [-0.25, -0.2) is 10.9 Å². The Kier molecular flexibility index (Phi) is 5.20. The molecule has 0 saturated heterocycles. The number of carbonyl (C=O) groups excluding carboxylic acids is 2. The Labute approximate surface area is 144 Å². The van der Waals surface area contributed by atoms with Crippen molar-refractivity contribution in [2.45, 2.75) is 6.42 Å². The minimum absolute atomic E-state index is 0.274. The predicted molar refractivity (Wildman–Crippen MR) is 91.5 cm³/mol. The van der Waals surface area contributed by atoms with E-state index in [1.54, 1.807) is 49.1 Å². The third-order valence-electron chi connectivity index (χ3n) is 3.65. The highest BCUT2D eigenvalue weighted by molar-refractivity contribution is 5.93. The second kappa shape index (κ2) is 7.91. The molecular weight excluding hydrogens is 320 g/mol. The van der Waals surface area contributed by atoms with Gasteiger partial charge in [-0.05, 0) is 41.8 Å². The van der Waals surface area contributed by atoms with Crippen LogP contribution in [0, 0.1) is 11.8 Å². The van der Waals surface area contributed by atoms with Crippen LogP contribution in [0.1, 0.15) is 17.5 Å². The number of rotatable bonds is 6. The van der Waals surface area contributed by atoms with Crippen LogP contribution >= 0.6 is 0 Å². The quantitative estimate of drug-likeness (QED) is 0.598. The van der Waals surface area contributed by atoms with E-state index in [0.717, 1.165) is 11.1 Å². The van der Waals surface area contributed by atoms with Gasteiger partial charge in [0.05, 0.1) is 24.3 Å². The lowest BCUT2D eigenvalue weighted by Gasteiger charge is -1.99. The van der Waals surface area contributed by atoms with Crippen LogP contribution < -0.4 is 10.9 Å². The number of nitrogens with one attached hydrogen (secondary N) is 2. The summed E-state index contributed by atoms with van der Waals surface area (Å²) in [6.07, 6.45) is 10.1. The molecule has 0 spiro atoms. The fraction of sp³-hybridized carbons (Fsp3) is 0.176. The number of carbonyl (C=O) groups is 2. The molecule has 2 heterocycles. The van der Waals surface area contributed by atoms with Gasteiger partial charge in [0.15, 0.2) is 0 Å². The maximum atomic E-state index is 11.9. The van der Waals surface area contributed by atoms with Crippen molar-refractivity contribution < 1.29 is 9.59 Å². The predicted octanol–water partition coefficient (Wildman–Crippen LogP) is 0.713. The van der Waals surface area contributed by atoms with E-state index in [1.165, 1.54) is 12.4 Å². The first-order valence-corrected chi connectivity index (χ1v) is 7.70. The van der Waals surface area contributed by atoms with Crippen LogP contribution in [0.4, 0.5) is 0 Å². The summed E-state index contributed by atoms with van der Waals surface area (Å²) in [5, 5.41) is 7.76. The SMILES string of the molecule is O=C(N/N=C/c1ccncc1)C1CC1C(=O)N/N=C/c1ccncc1. The van der Waals surface area contributed by atoms with E-state index in [2.05, 4.69) is 31.0 Å². The average Bonchev–Trinajstić information content (AvgIpc) is 3.44. The zero-order valence-corrected chi connectivity index (χ0v) is 13.2. The first kappa shape index (κ1) is 16.4. The summed E-state index contributed by atoms with van der Waals surface area (Å²) in [7, 11) is 0. The van der Waals surface area contributed by atoms with E-state index in [-0.39, 0.29) is 23.7 Å². The number of hydrazone groups is 2. The fourth-order valence-electron chi connectivity index (χ4n) is 2.18. The molecule has 2 aromatic rings. The second-order valence-corrected chi connectivity index (χ2v) is 5.48. The summed E-state index contributed by atoms with van der Waals surface area (Å²) < 4.78 is 0. The third kappa shape index (κ3) is 4.77. The molecule has 2 aromatic heterocycles. The van der Waals surface area contributed by atoms with E-state index in [1.807, 2.05) is 0 Å². The number of hydrogen-bond donors (Lipinski definition) is 2. The van der Waals surface area contributed by atoms with Crippen molar-refractivity contribution in [2.75, 3.05) is 0 Å². The molecular formula is C17H16N6O2. The Balaban J connectivity index is 1.42. The van der Waals surface area contributed by atoms with Crippen molar-refractivity contribution >= 4 is 24.2 Å². The van der Waals surface area contributed by atoms with E-state index in [4.69, 9.17) is 0 Å². The highest BCUT2D eigenvalue weighted by Crippen LogP contribution is 2.38. The van der Waals surface area contributed by atoms with Gasteiger partial charge in [0.2, 0.25) is 11.8 Å². The maximum absolute atomic E-state index is 11.9. The summed E-state index contributed by atoms with van der Waals surface area (Å²) in [4.78, 5) is 31.7. The average molecular weight is 336 g/mol. The van der Waals surface area contributed by atoms with E-state index >= 15 is 0 Å². The minimum Gasteiger partial charge on any atom is -0.273 e. The Bertz CT molecular complexity index is 724. The van der Waals surface area contributed by atoms with Gasteiger partial charge in [-0.3, -0.25) is 19.6 Å². The van der Waals surface area contributed by atoms with Crippen LogP contribution in [0.5, 0.6) is 0 Å². The smallest absolute Gasteiger partial charge is 0.244 e. The molecule has 0 aromatic carbocycles. The second-order valence-electron chi connectivity index (χ2n) is 5.48. The Morgan fingerprint density at radius 1 is 0.840 bits per heavy atom. The first-order chi connectivity index (χ1) is 12.2. The lowest BCUT2D eigenvalue weighted by molar-refractivity contribution is -0.127. The van der Waals surface area contributed by atoms with Gasteiger partial charge in [0, 0.05) is 24.8 Å². The van der Waals surface area contributed by atoms with Crippen molar-refractivity contribution in [3.05, 3.63) is 60.2 Å². The number of hydrogen-bond acceptors (Lipinski definition) is 6. The highest BCUT2D eigenvalue weighted by Gasteiger charge is 2.48. The molecule has 2 N–H and O–H groups in total. The lowest BCUT2D eigenvalue weighted by atomic mass is 10.3. The highest BCUT2D eigenvalue weighted by atomic mass is 16.2. The monoisotopic (exact) mass is 336 g/mol. The van der Waals surface area contributed by atoms with Crippen molar-refractivity contribution in [1.82, 2.24) is 20.8 Å². The molecule has 1 aliphatic rings. The molecule has 1 saturated carbocycles. The van der Waals surface area contributed by atoms with Gasteiger partial charge in [0.25, 0.3) is 0 Å². The van der Waals surface area contributed by atoms with Gasteiger partial charge >= 0.3 is 0 Å². The molecule has 8 heteroatoms. The largest absolute Gasteiger partial charge is 0.273 e. The van der Waals surface area contributed by atoms with E-state index < -0.39 is 0 Å². The number of pyridine rings is 2. The molecule has 25 heavy (non-hydrogen) atoms. The summed E-state index contributed by atoms with van der Waals surface area (Å²) >= 11 is 0. The number of nitrogens with zero attached hydrogens (tertiary/aromatic N) is 4. The topological polar surface area (TPSA) is 109 Å². The third-order valence-corrected chi connectivity index (χ3v) is 3.65. The molecule has 126 valence electrons. The van der Waals surface area contributed by atoms with Gasteiger partial charge in [-0.1, -0.05) is 0 Å². The molecule has 0 aliphatic heterocycles. The molecule has 2 unspecified atom stereocenters. The summed E-state index contributed by atoms with van der Waals surface area (Å²) in [5.41, 5.74) is 6.54. The van der Waals surface area contributed by atoms with Crippen LogP contribution in [-0.2, 0) is 9.59 Å². The lowest BCUT2D eigenvalue weighted by Crippen LogP contribution is -2.25. The fourth-order valence-corrected chi connectivity index (χ4v) is 2.18. The van der Waals surface area contributed by atoms with Gasteiger partial charge in [0.1, 0.15) is 0 Å². The van der Waals surface area contributed by atoms with Gasteiger partial charge < -0.3 is 0 Å². The first-order valence-electron chi connectivity index (χ1n) is 7.70.